The molecule has 2 aliphatic heterocycles. The first-order valence-corrected chi connectivity index (χ1v) is 17.7. The number of imide groups is 2. The van der Waals surface area contributed by atoms with E-state index in [1.165, 1.54) is 29.2 Å². The number of allylic oxidation sites excluding steroid dienone is 2. The van der Waals surface area contributed by atoms with Crippen molar-refractivity contribution < 1.29 is 33.4 Å². The summed E-state index contributed by atoms with van der Waals surface area (Å²) in [6, 6.07) is 28.9. The highest BCUT2D eigenvalue weighted by atomic mass is 35.5. The summed E-state index contributed by atoms with van der Waals surface area (Å²) < 4.78 is 19.5. The molecule has 2 aliphatic carbocycles. The molecule has 6 atom stereocenters. The third-order valence-corrected chi connectivity index (χ3v) is 11.4. The minimum Gasteiger partial charge on any atom is -0.491 e. The van der Waals surface area contributed by atoms with E-state index in [2.05, 4.69) is 5.43 Å². The highest BCUT2D eigenvalue weighted by Crippen LogP contribution is 2.64. The van der Waals surface area contributed by atoms with Crippen molar-refractivity contribution in [2.75, 3.05) is 18.6 Å². The zero-order valence-corrected chi connectivity index (χ0v) is 28.7. The second-order valence-corrected chi connectivity index (χ2v) is 14.2. The van der Waals surface area contributed by atoms with Crippen LogP contribution in [0.25, 0.3) is 0 Å². The van der Waals surface area contributed by atoms with Crippen LogP contribution in [0.15, 0.2) is 115 Å². The number of likely N-dealkylation sites (tertiary alicyclic amines) is 1. The zero-order chi connectivity index (χ0) is 36.1. The van der Waals surface area contributed by atoms with Crippen molar-refractivity contribution in [3.63, 3.8) is 0 Å². The SMILES string of the molecule is O=C1C2CC=C3C(CC4C(=O)N(Nc5ccc(F)cc5)C(=O)C4(c4ccc(Cl)cc4)C3c3ccc(OCCO)cc3)C2C(=O)N1Cc1ccccc1. The molecule has 11 heteroatoms. The summed E-state index contributed by atoms with van der Waals surface area (Å²) in [5, 5.41) is 10.8. The van der Waals surface area contributed by atoms with Gasteiger partial charge in [-0.2, -0.15) is 5.01 Å². The summed E-state index contributed by atoms with van der Waals surface area (Å²) in [6.45, 7) is 0.0874. The van der Waals surface area contributed by atoms with Crippen LogP contribution in [-0.2, 0) is 31.1 Å². The third-order valence-electron chi connectivity index (χ3n) is 11.1. The van der Waals surface area contributed by atoms with E-state index < -0.39 is 52.6 Å². The molecule has 2 heterocycles. The van der Waals surface area contributed by atoms with Crippen molar-refractivity contribution >= 4 is 40.9 Å². The van der Waals surface area contributed by atoms with Gasteiger partial charge >= 0.3 is 0 Å². The predicted molar refractivity (Wildman–Crippen MR) is 190 cm³/mol. The van der Waals surface area contributed by atoms with Crippen LogP contribution in [0.2, 0.25) is 5.02 Å². The van der Waals surface area contributed by atoms with Crippen molar-refractivity contribution in [3.05, 3.63) is 142 Å². The van der Waals surface area contributed by atoms with E-state index in [9.17, 15) is 23.9 Å². The Morgan fingerprint density at radius 1 is 0.846 bits per heavy atom. The quantitative estimate of drug-likeness (QED) is 0.160. The number of aliphatic hydroxyl groups is 1. The molecule has 2 N–H and O–H groups in total. The van der Waals surface area contributed by atoms with Gasteiger partial charge in [-0.05, 0) is 84.0 Å². The summed E-state index contributed by atoms with van der Waals surface area (Å²) in [7, 11) is 0. The lowest BCUT2D eigenvalue weighted by Gasteiger charge is -2.50. The lowest BCUT2D eigenvalue weighted by atomic mass is 9.49. The maximum absolute atomic E-state index is 15.2. The van der Waals surface area contributed by atoms with Crippen LogP contribution in [0.5, 0.6) is 5.75 Å². The highest BCUT2D eigenvalue weighted by Gasteiger charge is 2.70. The maximum atomic E-state index is 15.2. The fraction of sp³-hybridized carbons (Fsp3) is 0.268. The first kappa shape index (κ1) is 33.8. The molecular weight excluding hydrogens is 685 g/mol. The van der Waals surface area contributed by atoms with Gasteiger partial charge in [0.2, 0.25) is 11.8 Å². The first-order valence-electron chi connectivity index (χ1n) is 17.3. The van der Waals surface area contributed by atoms with E-state index in [1.807, 2.05) is 48.5 Å². The Hall–Kier alpha value is -5.32. The molecule has 4 aromatic carbocycles. The van der Waals surface area contributed by atoms with Gasteiger partial charge in [-0.15, -0.1) is 0 Å². The maximum Gasteiger partial charge on any atom is 0.260 e. The van der Waals surface area contributed by atoms with Gasteiger partial charge in [0.1, 0.15) is 18.2 Å². The Kier molecular flexibility index (Phi) is 8.67. The van der Waals surface area contributed by atoms with Crippen LogP contribution < -0.4 is 10.2 Å². The average Bonchev–Trinajstić information content (AvgIpc) is 3.53. The Morgan fingerprint density at radius 3 is 2.25 bits per heavy atom. The van der Waals surface area contributed by atoms with Crippen LogP contribution in [0.3, 0.4) is 0 Å². The molecule has 2 saturated heterocycles. The van der Waals surface area contributed by atoms with E-state index >= 15 is 4.79 Å². The van der Waals surface area contributed by atoms with Gasteiger partial charge < -0.3 is 9.84 Å². The summed E-state index contributed by atoms with van der Waals surface area (Å²) in [6.07, 6.45) is 2.46. The van der Waals surface area contributed by atoms with Gasteiger partial charge in [0, 0.05) is 10.9 Å². The van der Waals surface area contributed by atoms with Crippen LogP contribution >= 0.6 is 11.6 Å². The number of nitrogens with zero attached hydrogens (tertiary/aromatic N) is 2. The van der Waals surface area contributed by atoms with Crippen LogP contribution in [-0.4, -0.2) is 51.9 Å². The fourth-order valence-corrected chi connectivity index (χ4v) is 9.06. The molecule has 0 aromatic heterocycles. The number of hydrogen-bond donors (Lipinski definition) is 2. The van der Waals surface area contributed by atoms with Crippen molar-refractivity contribution in [3.8, 4) is 5.75 Å². The van der Waals surface area contributed by atoms with E-state index in [0.29, 0.717) is 34.0 Å². The standard InChI is InChI=1S/C41H35ClFN3O6/c42-27-10-8-26(9-11-27)41-34(38(49)46(40(41)51)44-29-14-12-28(43)13-15-29)22-33-31(36(41)25-6-16-30(17-7-25)52-21-20-47)18-19-32-35(33)39(50)45(37(32)48)23-24-4-2-1-3-5-24/h1-18,32-36,44,47H,19-23H2. The number of ether oxygens (including phenoxy) is 1. The molecule has 4 aromatic rings. The third kappa shape index (κ3) is 5.40. The van der Waals surface area contributed by atoms with Gasteiger partial charge in [-0.1, -0.05) is 77.8 Å². The van der Waals surface area contributed by atoms with Crippen LogP contribution in [0.4, 0.5) is 10.1 Å². The van der Waals surface area contributed by atoms with Gasteiger partial charge in [0.15, 0.2) is 0 Å². The Labute approximate surface area is 304 Å². The van der Waals surface area contributed by atoms with E-state index in [0.717, 1.165) is 16.1 Å². The number of nitrogens with one attached hydrogen (secondary N) is 1. The van der Waals surface area contributed by atoms with Crippen LogP contribution in [0, 0.1) is 29.5 Å². The zero-order valence-electron chi connectivity index (χ0n) is 28.0. The van der Waals surface area contributed by atoms with E-state index in [4.69, 9.17) is 16.3 Å². The summed E-state index contributed by atoms with van der Waals surface area (Å²) >= 11 is 6.37. The summed E-state index contributed by atoms with van der Waals surface area (Å²) in [4.78, 5) is 59.6. The Balaban J connectivity index is 1.28. The van der Waals surface area contributed by atoms with Crippen molar-refractivity contribution in [2.45, 2.75) is 30.7 Å². The molecule has 6 unspecified atom stereocenters. The number of carbonyl (C=O) groups excluding carboxylic acids is 4. The molecule has 0 bridgehead atoms. The van der Waals surface area contributed by atoms with Crippen molar-refractivity contribution in [2.24, 2.45) is 23.7 Å². The smallest absolute Gasteiger partial charge is 0.260 e. The number of amides is 4. The largest absolute Gasteiger partial charge is 0.491 e. The fourth-order valence-electron chi connectivity index (χ4n) is 8.94. The molecule has 52 heavy (non-hydrogen) atoms. The average molecular weight is 720 g/mol. The molecule has 9 nitrogen and oxygen atoms in total. The highest BCUT2D eigenvalue weighted by molar-refractivity contribution is 6.30. The van der Waals surface area contributed by atoms with Gasteiger partial charge in [0.25, 0.3) is 11.8 Å². The number of halogens is 2. The van der Waals surface area contributed by atoms with E-state index in [1.54, 1.807) is 36.4 Å². The number of fused-ring (bicyclic) bond motifs is 4. The molecule has 264 valence electrons. The molecule has 3 fully saturated rings. The first-order chi connectivity index (χ1) is 25.2. The number of hydrazine groups is 1. The van der Waals surface area contributed by atoms with Gasteiger partial charge in [-0.3, -0.25) is 29.5 Å². The topological polar surface area (TPSA) is 116 Å². The summed E-state index contributed by atoms with van der Waals surface area (Å²) in [5.41, 5.74) is 4.78. The Bertz CT molecular complexity index is 2070. The van der Waals surface area contributed by atoms with Gasteiger partial charge in [0.05, 0.1) is 42.0 Å². The number of benzene rings is 4. The number of carbonyl (C=O) groups is 4. The molecule has 0 radical (unpaired) electrons. The lowest BCUT2D eigenvalue weighted by Crippen LogP contribution is -2.53. The molecule has 1 saturated carbocycles. The number of rotatable bonds is 9. The number of anilines is 1. The minimum atomic E-state index is -1.48. The van der Waals surface area contributed by atoms with Gasteiger partial charge in [-0.25, -0.2) is 4.39 Å². The lowest BCUT2D eigenvalue weighted by molar-refractivity contribution is -0.142. The monoisotopic (exact) mass is 719 g/mol. The number of hydrogen-bond acceptors (Lipinski definition) is 7. The molecular formula is C41H35ClFN3O6. The minimum absolute atomic E-state index is 0.0997. The van der Waals surface area contributed by atoms with Crippen molar-refractivity contribution in [1.29, 1.82) is 0 Å². The second-order valence-electron chi connectivity index (χ2n) is 13.8. The Morgan fingerprint density at radius 2 is 1.56 bits per heavy atom. The molecule has 4 amide bonds. The van der Waals surface area contributed by atoms with E-state index in [-0.39, 0.29) is 38.0 Å². The molecule has 0 spiro atoms. The second kappa shape index (κ2) is 13.3. The molecule has 8 rings (SSSR count). The normalized spacial score (nSPS) is 26.5. The predicted octanol–water partition coefficient (Wildman–Crippen LogP) is 6.04. The van der Waals surface area contributed by atoms with Crippen molar-refractivity contribution in [1.82, 2.24) is 9.91 Å². The molecule has 4 aliphatic rings. The van der Waals surface area contributed by atoms with Crippen LogP contribution in [0.1, 0.15) is 35.4 Å². The number of aliphatic hydroxyl groups excluding tert-OH is 1. The summed E-state index contributed by atoms with van der Waals surface area (Å²) in [5.74, 6) is -4.95.